The molecule has 1 heterocycles. The van der Waals surface area contributed by atoms with Crippen molar-refractivity contribution in [3.8, 4) is 0 Å². The Balaban J connectivity index is 2.29. The lowest BCUT2D eigenvalue weighted by atomic mass is 10.1. The maximum Gasteiger partial charge on any atom is 0.145 e. The third-order valence-electron chi connectivity index (χ3n) is 2.84. The quantitative estimate of drug-likeness (QED) is 0.936. The van der Waals surface area contributed by atoms with Gasteiger partial charge in [-0.3, -0.25) is 0 Å². The molecule has 0 unspecified atom stereocenters. The smallest absolute Gasteiger partial charge is 0.145 e. The van der Waals surface area contributed by atoms with Gasteiger partial charge >= 0.3 is 0 Å². The molecular formula is C15H17ClFN3. The summed E-state index contributed by atoms with van der Waals surface area (Å²) in [5, 5.41) is 0.105. The van der Waals surface area contributed by atoms with Gasteiger partial charge in [0.25, 0.3) is 0 Å². The molecule has 2 rings (SSSR count). The predicted octanol–water partition coefficient (Wildman–Crippen LogP) is 3.64. The lowest BCUT2D eigenvalue weighted by molar-refractivity contribution is 0.610. The molecule has 0 saturated carbocycles. The van der Waals surface area contributed by atoms with Crippen LogP contribution in [0.25, 0.3) is 0 Å². The number of halogens is 2. The molecule has 0 spiro atoms. The molecule has 1 aromatic heterocycles. The highest BCUT2D eigenvalue weighted by molar-refractivity contribution is 6.30. The summed E-state index contributed by atoms with van der Waals surface area (Å²) in [5.74, 6) is 0.973. The summed E-state index contributed by atoms with van der Waals surface area (Å²) >= 11 is 5.77. The fourth-order valence-electron chi connectivity index (χ4n) is 2.03. The van der Waals surface area contributed by atoms with Gasteiger partial charge in [0, 0.05) is 18.2 Å². The van der Waals surface area contributed by atoms with Crippen LogP contribution in [0.4, 0.5) is 10.2 Å². The maximum atomic E-state index is 13.9. The molecule has 0 saturated heterocycles. The van der Waals surface area contributed by atoms with E-state index in [2.05, 4.69) is 23.8 Å². The normalized spacial score (nSPS) is 11.1. The van der Waals surface area contributed by atoms with Gasteiger partial charge in [0.15, 0.2) is 0 Å². The standard InChI is InChI=1S/C15H17ClFN3/c1-9(2)6-11-8-13(18)20-14(19-11)7-10-4-3-5-12(16)15(10)17/h3-5,8-9H,6-7H2,1-2H3,(H2,18,19,20). The predicted molar refractivity (Wildman–Crippen MR) is 79.2 cm³/mol. The summed E-state index contributed by atoms with van der Waals surface area (Å²) in [6.45, 7) is 4.21. The fourth-order valence-corrected chi connectivity index (χ4v) is 2.23. The van der Waals surface area contributed by atoms with Gasteiger partial charge in [0.05, 0.1) is 5.02 Å². The summed E-state index contributed by atoms with van der Waals surface area (Å²) in [6.07, 6.45) is 1.10. The molecule has 2 N–H and O–H groups in total. The van der Waals surface area contributed by atoms with Crippen molar-refractivity contribution in [2.75, 3.05) is 5.73 Å². The van der Waals surface area contributed by atoms with Crippen molar-refractivity contribution < 1.29 is 4.39 Å². The molecule has 1 aromatic carbocycles. The van der Waals surface area contributed by atoms with Gasteiger partial charge in [-0.15, -0.1) is 0 Å². The van der Waals surface area contributed by atoms with Crippen LogP contribution in [0.2, 0.25) is 5.02 Å². The highest BCUT2D eigenvalue weighted by Gasteiger charge is 2.10. The van der Waals surface area contributed by atoms with E-state index in [-0.39, 0.29) is 11.4 Å². The summed E-state index contributed by atoms with van der Waals surface area (Å²) in [4.78, 5) is 8.60. The minimum absolute atomic E-state index is 0.105. The van der Waals surface area contributed by atoms with E-state index in [0.717, 1.165) is 12.1 Å². The molecule has 106 valence electrons. The van der Waals surface area contributed by atoms with E-state index in [1.165, 1.54) is 6.07 Å². The van der Waals surface area contributed by atoms with Crippen molar-refractivity contribution in [2.24, 2.45) is 5.92 Å². The Hall–Kier alpha value is -1.68. The van der Waals surface area contributed by atoms with E-state index in [9.17, 15) is 4.39 Å². The van der Waals surface area contributed by atoms with E-state index in [1.807, 2.05) is 0 Å². The first-order valence-corrected chi connectivity index (χ1v) is 6.88. The molecule has 0 aliphatic heterocycles. The zero-order valence-corrected chi connectivity index (χ0v) is 12.3. The lowest BCUT2D eigenvalue weighted by Gasteiger charge is -2.08. The van der Waals surface area contributed by atoms with Gasteiger partial charge < -0.3 is 5.73 Å². The zero-order valence-electron chi connectivity index (χ0n) is 11.5. The van der Waals surface area contributed by atoms with Crippen molar-refractivity contribution in [1.82, 2.24) is 9.97 Å². The molecule has 0 fully saturated rings. The van der Waals surface area contributed by atoms with Crippen LogP contribution in [-0.2, 0) is 12.8 Å². The minimum atomic E-state index is -0.425. The molecule has 0 aliphatic carbocycles. The molecule has 20 heavy (non-hydrogen) atoms. The van der Waals surface area contributed by atoms with Gasteiger partial charge in [-0.1, -0.05) is 37.6 Å². The molecule has 0 amide bonds. The number of nitrogen functional groups attached to an aromatic ring is 1. The molecule has 0 bridgehead atoms. The average Bonchev–Trinajstić information content (AvgIpc) is 2.33. The second-order valence-electron chi connectivity index (χ2n) is 5.19. The zero-order chi connectivity index (χ0) is 14.7. The number of nitrogens with two attached hydrogens (primary N) is 1. The number of benzene rings is 1. The number of anilines is 1. The topological polar surface area (TPSA) is 51.8 Å². The highest BCUT2D eigenvalue weighted by Crippen LogP contribution is 2.20. The number of aromatic nitrogens is 2. The van der Waals surface area contributed by atoms with E-state index in [1.54, 1.807) is 18.2 Å². The number of hydrogen-bond donors (Lipinski definition) is 1. The monoisotopic (exact) mass is 293 g/mol. The van der Waals surface area contributed by atoms with Crippen LogP contribution in [0.15, 0.2) is 24.3 Å². The van der Waals surface area contributed by atoms with Crippen LogP contribution < -0.4 is 5.73 Å². The summed E-state index contributed by atoms with van der Waals surface area (Å²) in [5.41, 5.74) is 7.14. The first-order chi connectivity index (χ1) is 9.45. The van der Waals surface area contributed by atoms with E-state index in [0.29, 0.717) is 23.1 Å². The van der Waals surface area contributed by atoms with Gasteiger partial charge in [-0.25, -0.2) is 14.4 Å². The second-order valence-corrected chi connectivity index (χ2v) is 5.60. The van der Waals surface area contributed by atoms with Crippen LogP contribution in [0, 0.1) is 11.7 Å². The maximum absolute atomic E-state index is 13.9. The number of rotatable bonds is 4. The first-order valence-electron chi connectivity index (χ1n) is 6.51. The fraction of sp³-hybridized carbons (Fsp3) is 0.333. The Kier molecular flexibility index (Phi) is 4.55. The Morgan fingerprint density at radius 2 is 2.05 bits per heavy atom. The van der Waals surface area contributed by atoms with Crippen LogP contribution >= 0.6 is 11.6 Å². The van der Waals surface area contributed by atoms with Gasteiger partial charge in [-0.2, -0.15) is 0 Å². The Labute approximate surface area is 123 Å². The van der Waals surface area contributed by atoms with Crippen molar-refractivity contribution in [3.63, 3.8) is 0 Å². The summed E-state index contributed by atoms with van der Waals surface area (Å²) in [7, 11) is 0. The molecule has 2 aromatic rings. The van der Waals surface area contributed by atoms with Crippen LogP contribution in [-0.4, -0.2) is 9.97 Å². The highest BCUT2D eigenvalue weighted by atomic mass is 35.5. The molecule has 0 atom stereocenters. The molecule has 0 aliphatic rings. The van der Waals surface area contributed by atoms with E-state index >= 15 is 0 Å². The molecule has 5 heteroatoms. The third kappa shape index (κ3) is 3.67. The van der Waals surface area contributed by atoms with E-state index < -0.39 is 5.82 Å². The van der Waals surface area contributed by atoms with Crippen molar-refractivity contribution in [1.29, 1.82) is 0 Å². The molecular weight excluding hydrogens is 277 g/mol. The largest absolute Gasteiger partial charge is 0.384 e. The van der Waals surface area contributed by atoms with Gasteiger partial charge in [0.1, 0.15) is 17.5 Å². The van der Waals surface area contributed by atoms with Crippen molar-refractivity contribution in [2.45, 2.75) is 26.7 Å². The Morgan fingerprint density at radius 3 is 2.75 bits per heavy atom. The second kappa shape index (κ2) is 6.18. The van der Waals surface area contributed by atoms with Gasteiger partial charge in [-0.05, 0) is 24.0 Å². The Morgan fingerprint density at radius 1 is 1.30 bits per heavy atom. The average molecular weight is 294 g/mol. The van der Waals surface area contributed by atoms with Crippen LogP contribution in [0.3, 0.4) is 0 Å². The summed E-state index contributed by atoms with van der Waals surface area (Å²) in [6, 6.07) is 6.67. The van der Waals surface area contributed by atoms with Gasteiger partial charge in [0.2, 0.25) is 0 Å². The third-order valence-corrected chi connectivity index (χ3v) is 3.13. The number of hydrogen-bond acceptors (Lipinski definition) is 3. The first kappa shape index (κ1) is 14.7. The van der Waals surface area contributed by atoms with Crippen molar-refractivity contribution >= 4 is 17.4 Å². The molecule has 3 nitrogen and oxygen atoms in total. The summed E-state index contributed by atoms with van der Waals surface area (Å²) < 4.78 is 13.9. The van der Waals surface area contributed by atoms with Crippen molar-refractivity contribution in [3.05, 3.63) is 52.2 Å². The van der Waals surface area contributed by atoms with Crippen LogP contribution in [0.1, 0.15) is 30.9 Å². The SMILES string of the molecule is CC(C)Cc1cc(N)nc(Cc2cccc(Cl)c2F)n1. The molecule has 0 radical (unpaired) electrons. The van der Waals surface area contributed by atoms with Crippen LogP contribution in [0.5, 0.6) is 0 Å². The Bertz CT molecular complexity index is 614. The van der Waals surface area contributed by atoms with E-state index in [4.69, 9.17) is 17.3 Å². The minimum Gasteiger partial charge on any atom is -0.384 e. The lowest BCUT2D eigenvalue weighted by Crippen LogP contribution is -2.07. The number of nitrogens with zero attached hydrogens (tertiary/aromatic N) is 2.